The van der Waals surface area contributed by atoms with Crippen molar-refractivity contribution < 1.29 is 9.21 Å². The maximum absolute atomic E-state index is 13.2. The SMILES string of the molecule is O=C(c1[nH]ccc1C1CC1)N1C[C@@H]2CCC[C@]2(c2nnc(C3CC3)o2)C1. The summed E-state index contributed by atoms with van der Waals surface area (Å²) in [6.07, 6.45) is 10.0. The van der Waals surface area contributed by atoms with Gasteiger partial charge in [-0.2, -0.15) is 0 Å². The van der Waals surface area contributed by atoms with Crippen LogP contribution in [0.4, 0.5) is 0 Å². The van der Waals surface area contributed by atoms with E-state index in [1.54, 1.807) is 0 Å². The molecule has 4 aliphatic rings. The molecule has 0 spiro atoms. The molecule has 1 saturated heterocycles. The molecule has 6 heteroatoms. The van der Waals surface area contributed by atoms with Crippen LogP contribution < -0.4 is 0 Å². The van der Waals surface area contributed by atoms with Gasteiger partial charge in [0.2, 0.25) is 11.8 Å². The van der Waals surface area contributed by atoms with Crippen molar-refractivity contribution in [2.24, 2.45) is 5.92 Å². The monoisotopic (exact) mass is 352 g/mol. The Bertz CT molecular complexity index is 863. The number of hydrogen-bond donors (Lipinski definition) is 1. The second-order valence-electron chi connectivity index (χ2n) is 8.73. The summed E-state index contributed by atoms with van der Waals surface area (Å²) in [6.45, 7) is 1.52. The van der Waals surface area contributed by atoms with Crippen molar-refractivity contribution >= 4 is 5.91 Å². The van der Waals surface area contributed by atoms with Crippen LogP contribution in [0.15, 0.2) is 16.7 Å². The van der Waals surface area contributed by atoms with Crippen LogP contribution in [-0.4, -0.2) is 39.1 Å². The van der Waals surface area contributed by atoms with Crippen molar-refractivity contribution in [2.75, 3.05) is 13.1 Å². The Hall–Kier alpha value is -2.11. The summed E-state index contributed by atoms with van der Waals surface area (Å²) < 4.78 is 6.12. The summed E-state index contributed by atoms with van der Waals surface area (Å²) in [5, 5.41) is 8.76. The van der Waals surface area contributed by atoms with Crippen LogP contribution in [0.2, 0.25) is 0 Å². The van der Waals surface area contributed by atoms with Gasteiger partial charge in [0.1, 0.15) is 5.69 Å². The molecule has 6 rings (SSSR count). The van der Waals surface area contributed by atoms with Gasteiger partial charge in [-0.3, -0.25) is 4.79 Å². The highest BCUT2D eigenvalue weighted by molar-refractivity contribution is 5.94. The third-order valence-corrected chi connectivity index (χ3v) is 6.96. The fourth-order valence-electron chi connectivity index (χ4n) is 5.18. The molecule has 3 heterocycles. The van der Waals surface area contributed by atoms with Crippen molar-refractivity contribution in [3.63, 3.8) is 0 Å². The van der Waals surface area contributed by atoms with E-state index in [0.29, 0.717) is 24.3 Å². The van der Waals surface area contributed by atoms with Crippen molar-refractivity contribution in [2.45, 2.75) is 62.2 Å². The lowest BCUT2D eigenvalue weighted by Gasteiger charge is -2.24. The Labute approximate surface area is 152 Å². The molecule has 0 unspecified atom stereocenters. The maximum atomic E-state index is 13.2. The average molecular weight is 352 g/mol. The van der Waals surface area contributed by atoms with Gasteiger partial charge >= 0.3 is 0 Å². The molecule has 2 aromatic heterocycles. The molecular weight excluding hydrogens is 328 g/mol. The van der Waals surface area contributed by atoms with E-state index < -0.39 is 0 Å². The Morgan fingerprint density at radius 3 is 2.85 bits per heavy atom. The van der Waals surface area contributed by atoms with Gasteiger partial charge in [-0.15, -0.1) is 10.2 Å². The number of carbonyl (C=O) groups excluding carboxylic acids is 1. The minimum absolute atomic E-state index is 0.123. The summed E-state index contributed by atoms with van der Waals surface area (Å²) >= 11 is 0. The third kappa shape index (κ3) is 2.14. The van der Waals surface area contributed by atoms with E-state index >= 15 is 0 Å². The van der Waals surface area contributed by atoms with E-state index in [4.69, 9.17) is 4.42 Å². The number of hydrogen-bond acceptors (Lipinski definition) is 4. The van der Waals surface area contributed by atoms with Crippen molar-refractivity contribution in [3.05, 3.63) is 35.3 Å². The van der Waals surface area contributed by atoms with Crippen molar-refractivity contribution in [1.29, 1.82) is 0 Å². The normalized spacial score (nSPS) is 30.8. The van der Waals surface area contributed by atoms with Crippen LogP contribution in [0, 0.1) is 5.92 Å². The predicted octanol–water partition coefficient (Wildman–Crippen LogP) is 3.35. The largest absolute Gasteiger partial charge is 0.424 e. The molecule has 0 aromatic carbocycles. The molecule has 4 fully saturated rings. The van der Waals surface area contributed by atoms with Crippen LogP contribution in [0.3, 0.4) is 0 Å². The highest BCUT2D eigenvalue weighted by Crippen LogP contribution is 2.51. The first-order valence-electron chi connectivity index (χ1n) is 10.0. The zero-order valence-electron chi connectivity index (χ0n) is 14.9. The summed E-state index contributed by atoms with van der Waals surface area (Å²) in [7, 11) is 0. The average Bonchev–Trinajstić information content (AvgIpc) is 3.46. The standard InChI is InChI=1S/C20H24N4O2/c25-18(16-15(7-9-21-16)12-3-4-12)24-10-14-2-1-8-20(14,11-24)19-23-22-17(26-19)13-5-6-13/h7,9,12-14,21H,1-6,8,10-11H2/t14-,20-/m0/s1. The lowest BCUT2D eigenvalue weighted by atomic mass is 9.80. The zero-order chi connectivity index (χ0) is 17.3. The molecule has 3 saturated carbocycles. The Balaban J connectivity index is 1.30. The van der Waals surface area contributed by atoms with Crippen LogP contribution in [0.1, 0.15) is 84.6 Å². The molecular formula is C20H24N4O2. The second-order valence-corrected chi connectivity index (χ2v) is 8.73. The molecule has 0 bridgehead atoms. The summed E-state index contributed by atoms with van der Waals surface area (Å²) in [6, 6.07) is 2.08. The summed E-state index contributed by atoms with van der Waals surface area (Å²) in [5.41, 5.74) is 1.88. The van der Waals surface area contributed by atoms with Gasteiger partial charge in [-0.1, -0.05) is 6.42 Å². The number of likely N-dealkylation sites (tertiary alicyclic amines) is 1. The number of H-pyrrole nitrogens is 1. The molecule has 6 nitrogen and oxygen atoms in total. The number of carbonyl (C=O) groups is 1. The van der Waals surface area contributed by atoms with E-state index in [-0.39, 0.29) is 11.3 Å². The van der Waals surface area contributed by atoms with E-state index in [9.17, 15) is 4.79 Å². The Morgan fingerprint density at radius 2 is 2.04 bits per heavy atom. The molecule has 1 N–H and O–H groups in total. The molecule has 136 valence electrons. The first-order valence-corrected chi connectivity index (χ1v) is 10.0. The van der Waals surface area contributed by atoms with E-state index in [1.807, 2.05) is 11.1 Å². The van der Waals surface area contributed by atoms with Crippen molar-refractivity contribution in [1.82, 2.24) is 20.1 Å². The van der Waals surface area contributed by atoms with E-state index in [1.165, 1.54) is 37.7 Å². The lowest BCUT2D eigenvalue weighted by Crippen LogP contribution is -2.35. The number of aromatic amines is 1. The van der Waals surface area contributed by atoms with Crippen LogP contribution in [-0.2, 0) is 5.41 Å². The number of amides is 1. The molecule has 2 atom stereocenters. The van der Waals surface area contributed by atoms with Gasteiger partial charge in [-0.25, -0.2) is 0 Å². The molecule has 3 aliphatic carbocycles. The fourth-order valence-corrected chi connectivity index (χ4v) is 5.18. The number of nitrogens with one attached hydrogen (secondary N) is 1. The molecule has 0 radical (unpaired) electrons. The summed E-state index contributed by atoms with van der Waals surface area (Å²) in [5.74, 6) is 3.24. The van der Waals surface area contributed by atoms with Crippen LogP contribution in [0.25, 0.3) is 0 Å². The molecule has 2 aromatic rings. The van der Waals surface area contributed by atoms with Gasteiger partial charge < -0.3 is 14.3 Å². The van der Waals surface area contributed by atoms with Crippen LogP contribution >= 0.6 is 0 Å². The second kappa shape index (κ2) is 5.21. The highest BCUT2D eigenvalue weighted by Gasteiger charge is 2.55. The van der Waals surface area contributed by atoms with Gasteiger partial charge in [0.05, 0.1) is 5.41 Å². The van der Waals surface area contributed by atoms with Gasteiger partial charge in [-0.05, 0) is 62.0 Å². The first kappa shape index (κ1) is 15.0. The van der Waals surface area contributed by atoms with Gasteiger partial charge in [0.15, 0.2) is 0 Å². The van der Waals surface area contributed by atoms with E-state index in [2.05, 4.69) is 21.2 Å². The third-order valence-electron chi connectivity index (χ3n) is 6.96. The predicted molar refractivity (Wildman–Crippen MR) is 94.0 cm³/mol. The van der Waals surface area contributed by atoms with Crippen LogP contribution in [0.5, 0.6) is 0 Å². The number of aromatic nitrogens is 3. The Morgan fingerprint density at radius 1 is 1.19 bits per heavy atom. The lowest BCUT2D eigenvalue weighted by molar-refractivity contribution is 0.0769. The van der Waals surface area contributed by atoms with Gasteiger partial charge in [0.25, 0.3) is 5.91 Å². The number of fused-ring (bicyclic) bond motifs is 1. The number of nitrogens with zero attached hydrogens (tertiary/aromatic N) is 3. The highest BCUT2D eigenvalue weighted by atomic mass is 16.4. The van der Waals surface area contributed by atoms with Crippen molar-refractivity contribution in [3.8, 4) is 0 Å². The number of rotatable bonds is 4. The fraction of sp³-hybridized carbons (Fsp3) is 0.650. The van der Waals surface area contributed by atoms with E-state index in [0.717, 1.165) is 36.9 Å². The topological polar surface area (TPSA) is 75.0 Å². The van der Waals surface area contributed by atoms with Gasteiger partial charge in [0, 0.05) is 25.2 Å². The summed E-state index contributed by atoms with van der Waals surface area (Å²) in [4.78, 5) is 18.5. The quantitative estimate of drug-likeness (QED) is 0.916. The maximum Gasteiger partial charge on any atom is 0.270 e. The zero-order valence-corrected chi connectivity index (χ0v) is 14.9. The minimum atomic E-state index is -0.123. The minimum Gasteiger partial charge on any atom is -0.424 e. The molecule has 1 amide bonds. The molecule has 26 heavy (non-hydrogen) atoms. The Kier molecular flexibility index (Phi) is 3.00. The molecule has 1 aliphatic heterocycles. The first-order chi connectivity index (χ1) is 12.7. The smallest absolute Gasteiger partial charge is 0.270 e.